The summed E-state index contributed by atoms with van der Waals surface area (Å²) in [6, 6.07) is 11.5. The second kappa shape index (κ2) is 17.0. The first kappa shape index (κ1) is 44.5. The third-order valence-corrected chi connectivity index (χ3v) is 14.7. The van der Waals surface area contributed by atoms with Crippen molar-refractivity contribution in [3.8, 4) is 0 Å². The normalized spacial score (nSPS) is 26.1. The van der Waals surface area contributed by atoms with E-state index in [-0.39, 0.29) is 35.8 Å². The predicted octanol–water partition coefficient (Wildman–Crippen LogP) is 7.45. The van der Waals surface area contributed by atoms with Gasteiger partial charge in [-0.2, -0.15) is 18.3 Å². The van der Waals surface area contributed by atoms with Crippen LogP contribution in [0.25, 0.3) is 10.9 Å². The van der Waals surface area contributed by atoms with Crippen LogP contribution in [0.15, 0.2) is 54.7 Å². The molecule has 4 N–H and O–H groups in total. The quantitative estimate of drug-likeness (QED) is 0.111. The Hall–Kier alpha value is -5.68. The van der Waals surface area contributed by atoms with E-state index in [0.29, 0.717) is 52.2 Å². The van der Waals surface area contributed by atoms with Crippen molar-refractivity contribution in [1.82, 2.24) is 29.9 Å². The van der Waals surface area contributed by atoms with Gasteiger partial charge in [-0.25, -0.2) is 4.98 Å². The molecule has 4 heterocycles. The fourth-order valence-corrected chi connectivity index (χ4v) is 11.2. The van der Waals surface area contributed by atoms with Crippen LogP contribution in [0.5, 0.6) is 0 Å². The number of alkyl halides is 3. The highest BCUT2D eigenvalue weighted by Gasteiger charge is 2.48. The van der Waals surface area contributed by atoms with E-state index in [2.05, 4.69) is 32.9 Å². The van der Waals surface area contributed by atoms with E-state index in [0.717, 1.165) is 80.3 Å². The zero-order valence-corrected chi connectivity index (χ0v) is 36.8. The number of nitrogens with zero attached hydrogens (tertiary/aromatic N) is 5. The number of aliphatic hydroxyl groups is 1. The number of amides is 5. The van der Waals surface area contributed by atoms with Crippen molar-refractivity contribution < 1.29 is 42.3 Å². The number of carbonyl (C=O) groups is 5. The third kappa shape index (κ3) is 8.88. The van der Waals surface area contributed by atoms with Crippen LogP contribution in [0, 0.1) is 17.3 Å². The molecule has 2 aliphatic heterocycles. The average Bonchev–Trinajstić information content (AvgIpc) is 3.79. The molecule has 9 rings (SSSR count). The molecule has 0 radical (unpaired) electrons. The van der Waals surface area contributed by atoms with Crippen molar-refractivity contribution in [2.45, 2.75) is 121 Å². The second-order valence-electron chi connectivity index (χ2n) is 19.7. The largest absolute Gasteiger partial charge is 0.433 e. The standard InChI is InChI=1S/C48H55F3N8O6/c1-46(2,65)33-21-36-29(20-37(33)54-42(61)35-8-5-9-39(53-35)48(49,50)51)26-58(56-36)31-12-10-27(11-13-31)25-57(3)30-16-18-47(19-17-30)22-28(23-47)24-52-34-7-4-6-32-41(34)45(64)59(44(32)63)38-14-15-40(60)55-43(38)62/h4-9,20-21,26-28,30-31,38,52,65H,10-19,22-25H2,1-3H3,(H,54,61)(H,55,60,62). The molecule has 1 saturated heterocycles. The number of fused-ring (bicyclic) bond motifs is 2. The van der Waals surface area contributed by atoms with Gasteiger partial charge >= 0.3 is 6.18 Å². The molecule has 344 valence electrons. The van der Waals surface area contributed by atoms with Crippen molar-refractivity contribution in [1.29, 1.82) is 0 Å². The van der Waals surface area contributed by atoms with Crippen molar-refractivity contribution in [3.63, 3.8) is 0 Å². The van der Waals surface area contributed by atoms with Gasteiger partial charge in [0.25, 0.3) is 17.7 Å². The number of pyridine rings is 1. The Morgan fingerprint density at radius 2 is 1.65 bits per heavy atom. The summed E-state index contributed by atoms with van der Waals surface area (Å²) < 4.78 is 41.8. The van der Waals surface area contributed by atoms with Gasteiger partial charge < -0.3 is 20.6 Å². The molecule has 5 amide bonds. The van der Waals surface area contributed by atoms with Crippen LogP contribution >= 0.6 is 0 Å². The molecular weight excluding hydrogens is 842 g/mol. The van der Waals surface area contributed by atoms with Crippen molar-refractivity contribution in [3.05, 3.63) is 82.8 Å². The topological polar surface area (TPSA) is 179 Å². The molecule has 1 unspecified atom stereocenters. The highest BCUT2D eigenvalue weighted by atomic mass is 19.4. The van der Waals surface area contributed by atoms with Crippen molar-refractivity contribution in [2.75, 3.05) is 30.8 Å². The second-order valence-corrected chi connectivity index (χ2v) is 19.7. The van der Waals surface area contributed by atoms with Gasteiger partial charge in [-0.3, -0.25) is 38.9 Å². The van der Waals surface area contributed by atoms with E-state index in [9.17, 15) is 42.3 Å². The molecule has 2 aromatic heterocycles. The predicted molar refractivity (Wildman–Crippen MR) is 235 cm³/mol. The van der Waals surface area contributed by atoms with Crippen LogP contribution in [0.2, 0.25) is 0 Å². The number of imide groups is 2. The first-order chi connectivity index (χ1) is 30.9. The Labute approximate surface area is 374 Å². The highest BCUT2D eigenvalue weighted by molar-refractivity contribution is 6.25. The summed E-state index contributed by atoms with van der Waals surface area (Å²) in [5.41, 5.74) is -0.0948. The number of hydrogen-bond acceptors (Lipinski definition) is 10. The molecule has 4 fully saturated rings. The van der Waals surface area contributed by atoms with Gasteiger partial charge in [0.05, 0.1) is 28.3 Å². The molecule has 5 aliphatic rings. The molecule has 1 atom stereocenters. The van der Waals surface area contributed by atoms with E-state index in [1.807, 2.05) is 16.9 Å². The SMILES string of the molecule is CN(CC1CCC(n2cc3cc(NC(=O)c4cccc(C(F)(F)F)n4)c(C(C)(C)O)cc3n2)CC1)C1CCC2(CC1)CC(CNc1cccc3c1C(=O)N(C1CCC(=O)NC1=O)C3=O)C2. The fraction of sp³-hybridized carbons (Fsp3) is 0.521. The van der Waals surface area contributed by atoms with Crippen LogP contribution in [-0.4, -0.2) is 91.4 Å². The van der Waals surface area contributed by atoms with Crippen LogP contribution in [-0.2, 0) is 21.4 Å². The van der Waals surface area contributed by atoms with E-state index in [4.69, 9.17) is 5.10 Å². The molecular formula is C48H55F3N8O6. The summed E-state index contributed by atoms with van der Waals surface area (Å²) in [6.07, 6.45) is 8.46. The number of hydrogen-bond donors (Lipinski definition) is 4. The smallest absolute Gasteiger partial charge is 0.386 e. The molecule has 3 saturated carbocycles. The minimum absolute atomic E-state index is 0.0778. The Kier molecular flexibility index (Phi) is 11.6. The average molecular weight is 897 g/mol. The lowest BCUT2D eigenvalue weighted by molar-refractivity contribution is -0.141. The van der Waals surface area contributed by atoms with Gasteiger partial charge in [-0.1, -0.05) is 12.1 Å². The first-order valence-electron chi connectivity index (χ1n) is 22.8. The van der Waals surface area contributed by atoms with Gasteiger partial charge in [0.2, 0.25) is 11.8 Å². The van der Waals surface area contributed by atoms with E-state index in [1.165, 1.54) is 18.9 Å². The van der Waals surface area contributed by atoms with Gasteiger partial charge in [0, 0.05) is 54.1 Å². The molecule has 4 aromatic rings. The Balaban J connectivity index is 0.742. The maximum absolute atomic E-state index is 13.5. The summed E-state index contributed by atoms with van der Waals surface area (Å²) in [5.74, 6) is -1.81. The highest BCUT2D eigenvalue weighted by Crippen LogP contribution is 2.55. The lowest BCUT2D eigenvalue weighted by Gasteiger charge is -2.53. The monoisotopic (exact) mass is 896 g/mol. The number of rotatable bonds is 11. The summed E-state index contributed by atoms with van der Waals surface area (Å²) in [7, 11) is 2.26. The number of benzene rings is 2. The Bertz CT molecular complexity index is 2540. The van der Waals surface area contributed by atoms with Crippen LogP contribution in [0.1, 0.15) is 139 Å². The van der Waals surface area contributed by atoms with Crippen LogP contribution in [0.3, 0.4) is 0 Å². The van der Waals surface area contributed by atoms with Crippen molar-refractivity contribution in [2.24, 2.45) is 17.3 Å². The maximum atomic E-state index is 13.5. The summed E-state index contributed by atoms with van der Waals surface area (Å²) >= 11 is 0. The molecule has 1 spiro atoms. The van der Waals surface area contributed by atoms with Gasteiger partial charge in [-0.15, -0.1) is 0 Å². The third-order valence-electron chi connectivity index (χ3n) is 14.7. The summed E-state index contributed by atoms with van der Waals surface area (Å²) in [6.45, 7) is 4.89. The molecule has 0 bridgehead atoms. The van der Waals surface area contributed by atoms with Crippen LogP contribution < -0.4 is 16.0 Å². The van der Waals surface area contributed by atoms with E-state index in [1.54, 1.807) is 38.1 Å². The lowest BCUT2D eigenvalue weighted by atomic mass is 9.55. The number of anilines is 2. The Morgan fingerprint density at radius 1 is 0.923 bits per heavy atom. The fourth-order valence-electron chi connectivity index (χ4n) is 11.2. The number of carbonyl (C=O) groups excluding carboxylic acids is 5. The zero-order chi connectivity index (χ0) is 46.0. The zero-order valence-electron chi connectivity index (χ0n) is 36.8. The number of halogens is 3. The Morgan fingerprint density at radius 3 is 2.34 bits per heavy atom. The number of piperidine rings is 1. The first-order valence-corrected chi connectivity index (χ1v) is 22.8. The summed E-state index contributed by atoms with van der Waals surface area (Å²) in [5, 5.41) is 25.0. The molecule has 3 aliphatic carbocycles. The number of nitrogens with one attached hydrogen (secondary N) is 3. The maximum Gasteiger partial charge on any atom is 0.433 e. The van der Waals surface area contributed by atoms with E-state index >= 15 is 0 Å². The molecule has 17 heteroatoms. The van der Waals surface area contributed by atoms with Gasteiger partial charge in [0.15, 0.2) is 0 Å². The van der Waals surface area contributed by atoms with Gasteiger partial charge in [-0.05, 0) is 145 Å². The number of aromatic nitrogens is 3. The van der Waals surface area contributed by atoms with Crippen LogP contribution in [0.4, 0.5) is 24.5 Å². The lowest BCUT2D eigenvalue weighted by Crippen LogP contribution is -2.54. The molecule has 14 nitrogen and oxygen atoms in total. The van der Waals surface area contributed by atoms with E-state index < -0.39 is 53.0 Å². The minimum atomic E-state index is -4.70. The van der Waals surface area contributed by atoms with Crippen molar-refractivity contribution >= 4 is 51.8 Å². The van der Waals surface area contributed by atoms with Gasteiger partial charge in [0.1, 0.15) is 17.4 Å². The minimum Gasteiger partial charge on any atom is -0.386 e. The molecule has 2 aromatic carbocycles. The summed E-state index contributed by atoms with van der Waals surface area (Å²) in [4.78, 5) is 71.2. The molecule has 65 heavy (non-hydrogen) atoms.